The fourth-order valence-corrected chi connectivity index (χ4v) is 2.51. The smallest absolute Gasteiger partial charge is 0.139 e. The molecule has 0 aliphatic carbocycles. The van der Waals surface area contributed by atoms with Gasteiger partial charge in [-0.15, -0.1) is 0 Å². The zero-order valence-electron chi connectivity index (χ0n) is 13.0. The first kappa shape index (κ1) is 15.0. The van der Waals surface area contributed by atoms with Gasteiger partial charge in [0.15, 0.2) is 0 Å². The van der Waals surface area contributed by atoms with Crippen molar-refractivity contribution < 1.29 is 9.13 Å². The summed E-state index contributed by atoms with van der Waals surface area (Å²) in [4.78, 5) is 4.54. The third-order valence-corrected chi connectivity index (χ3v) is 3.43. The van der Waals surface area contributed by atoms with Crippen LogP contribution in [0.4, 0.5) is 4.39 Å². The molecule has 5 heteroatoms. The van der Waals surface area contributed by atoms with E-state index in [0.717, 1.165) is 11.3 Å². The van der Waals surface area contributed by atoms with Gasteiger partial charge < -0.3 is 4.74 Å². The highest BCUT2D eigenvalue weighted by molar-refractivity contribution is 5.67. The molecular weight excluding hydrogens is 293 g/mol. The van der Waals surface area contributed by atoms with Gasteiger partial charge in [0.05, 0.1) is 30.0 Å². The van der Waals surface area contributed by atoms with Crippen LogP contribution in [-0.4, -0.2) is 15.5 Å². The van der Waals surface area contributed by atoms with Gasteiger partial charge in [-0.25, -0.2) is 9.37 Å². The van der Waals surface area contributed by atoms with E-state index in [1.807, 2.05) is 38.1 Å². The standard InChI is InChI=1S/C18H16FN3O/c1-12(2)23-15-6-3-13(4-7-15)18-16(9-10-20)22-11-14(19)5-8-17(22)21-18/h3-8,11-12H,9H2,1-2H3. The van der Waals surface area contributed by atoms with Crippen LogP contribution in [-0.2, 0) is 6.42 Å². The van der Waals surface area contributed by atoms with Crippen LogP contribution in [0.3, 0.4) is 0 Å². The van der Waals surface area contributed by atoms with Crippen LogP contribution in [0.1, 0.15) is 19.5 Å². The lowest BCUT2D eigenvalue weighted by molar-refractivity contribution is 0.242. The van der Waals surface area contributed by atoms with E-state index >= 15 is 0 Å². The Morgan fingerprint density at radius 2 is 1.96 bits per heavy atom. The lowest BCUT2D eigenvalue weighted by Gasteiger charge is -2.09. The first-order valence-electron chi connectivity index (χ1n) is 7.39. The van der Waals surface area contributed by atoms with Gasteiger partial charge in [-0.2, -0.15) is 5.26 Å². The first-order chi connectivity index (χ1) is 11.1. The molecule has 0 N–H and O–H groups in total. The molecule has 4 nitrogen and oxygen atoms in total. The number of nitrogens with zero attached hydrogens (tertiary/aromatic N) is 3. The fourth-order valence-electron chi connectivity index (χ4n) is 2.51. The van der Waals surface area contributed by atoms with Gasteiger partial charge in [0, 0.05) is 11.8 Å². The second-order valence-electron chi connectivity index (χ2n) is 5.51. The Morgan fingerprint density at radius 1 is 1.22 bits per heavy atom. The molecule has 2 aromatic heterocycles. The fraction of sp³-hybridized carbons (Fsp3) is 0.222. The van der Waals surface area contributed by atoms with Crippen molar-refractivity contribution in [1.82, 2.24) is 9.38 Å². The number of hydrogen-bond acceptors (Lipinski definition) is 3. The maximum Gasteiger partial charge on any atom is 0.139 e. The van der Waals surface area contributed by atoms with Crippen LogP contribution in [0.5, 0.6) is 5.75 Å². The van der Waals surface area contributed by atoms with E-state index in [1.165, 1.54) is 12.3 Å². The first-order valence-corrected chi connectivity index (χ1v) is 7.39. The van der Waals surface area contributed by atoms with E-state index in [9.17, 15) is 4.39 Å². The summed E-state index contributed by atoms with van der Waals surface area (Å²) in [6.45, 7) is 3.94. The molecule has 0 saturated heterocycles. The van der Waals surface area contributed by atoms with Crippen LogP contribution < -0.4 is 4.74 Å². The number of halogens is 1. The second kappa shape index (κ2) is 6.09. The van der Waals surface area contributed by atoms with Crippen molar-refractivity contribution in [1.29, 1.82) is 5.26 Å². The van der Waals surface area contributed by atoms with Gasteiger partial charge in [-0.05, 0) is 50.2 Å². The molecule has 3 aromatic rings. The van der Waals surface area contributed by atoms with Crippen LogP contribution in [0, 0.1) is 17.1 Å². The van der Waals surface area contributed by atoms with Gasteiger partial charge in [0.2, 0.25) is 0 Å². The number of imidazole rings is 1. The van der Waals surface area contributed by atoms with E-state index in [-0.39, 0.29) is 18.3 Å². The molecule has 116 valence electrons. The van der Waals surface area contributed by atoms with Crippen molar-refractivity contribution in [2.24, 2.45) is 0 Å². The van der Waals surface area contributed by atoms with E-state index in [4.69, 9.17) is 10.00 Å². The van der Waals surface area contributed by atoms with Crippen LogP contribution in [0.2, 0.25) is 0 Å². The average molecular weight is 309 g/mol. The zero-order valence-corrected chi connectivity index (χ0v) is 13.0. The Bertz CT molecular complexity index is 876. The van der Waals surface area contributed by atoms with Crippen molar-refractivity contribution in [2.75, 3.05) is 0 Å². The molecule has 0 aliphatic rings. The van der Waals surface area contributed by atoms with E-state index in [0.29, 0.717) is 17.0 Å². The van der Waals surface area contributed by atoms with Crippen molar-refractivity contribution >= 4 is 5.65 Å². The van der Waals surface area contributed by atoms with Crippen molar-refractivity contribution in [2.45, 2.75) is 26.4 Å². The second-order valence-corrected chi connectivity index (χ2v) is 5.51. The summed E-state index contributed by atoms with van der Waals surface area (Å²) in [6, 6.07) is 12.6. The van der Waals surface area contributed by atoms with E-state index in [1.54, 1.807) is 10.5 Å². The molecule has 1 aromatic carbocycles. The highest BCUT2D eigenvalue weighted by Gasteiger charge is 2.14. The Labute approximate surface area is 133 Å². The summed E-state index contributed by atoms with van der Waals surface area (Å²) in [7, 11) is 0. The third kappa shape index (κ3) is 3.02. The number of benzene rings is 1. The van der Waals surface area contributed by atoms with Crippen LogP contribution in [0.15, 0.2) is 42.6 Å². The number of aromatic nitrogens is 2. The maximum absolute atomic E-state index is 13.5. The third-order valence-electron chi connectivity index (χ3n) is 3.43. The summed E-state index contributed by atoms with van der Waals surface area (Å²) in [5.41, 5.74) is 2.86. The molecule has 0 fully saturated rings. The van der Waals surface area contributed by atoms with Gasteiger partial charge >= 0.3 is 0 Å². The minimum atomic E-state index is -0.360. The van der Waals surface area contributed by atoms with Crippen LogP contribution in [0.25, 0.3) is 16.9 Å². The van der Waals surface area contributed by atoms with Gasteiger partial charge in [-0.3, -0.25) is 4.40 Å². The van der Waals surface area contributed by atoms with Crippen molar-refractivity contribution in [3.63, 3.8) is 0 Å². The molecule has 0 bridgehead atoms. The summed E-state index contributed by atoms with van der Waals surface area (Å²) < 4.78 is 20.8. The Kier molecular flexibility index (Phi) is 3.98. The number of hydrogen-bond donors (Lipinski definition) is 0. The minimum Gasteiger partial charge on any atom is -0.491 e. The summed E-state index contributed by atoms with van der Waals surface area (Å²) >= 11 is 0. The van der Waals surface area contributed by atoms with E-state index in [2.05, 4.69) is 11.1 Å². The number of rotatable bonds is 4. The lowest BCUT2D eigenvalue weighted by Crippen LogP contribution is -2.05. The Morgan fingerprint density at radius 3 is 2.61 bits per heavy atom. The molecule has 2 heterocycles. The molecule has 0 unspecified atom stereocenters. The van der Waals surface area contributed by atoms with E-state index < -0.39 is 0 Å². The number of nitriles is 1. The highest BCUT2D eigenvalue weighted by Crippen LogP contribution is 2.27. The molecule has 0 atom stereocenters. The Hall–Kier alpha value is -2.87. The van der Waals surface area contributed by atoms with Crippen LogP contribution >= 0.6 is 0 Å². The molecule has 0 saturated carbocycles. The Balaban J connectivity index is 2.08. The molecule has 23 heavy (non-hydrogen) atoms. The molecular formula is C18H16FN3O. The van der Waals surface area contributed by atoms with Gasteiger partial charge in [0.25, 0.3) is 0 Å². The van der Waals surface area contributed by atoms with Gasteiger partial charge in [-0.1, -0.05) is 0 Å². The molecule has 0 spiro atoms. The number of pyridine rings is 1. The van der Waals surface area contributed by atoms with Crippen molar-refractivity contribution in [3.05, 3.63) is 54.1 Å². The largest absolute Gasteiger partial charge is 0.491 e. The molecule has 0 aliphatic heterocycles. The maximum atomic E-state index is 13.5. The zero-order chi connectivity index (χ0) is 16.4. The lowest BCUT2D eigenvalue weighted by atomic mass is 10.1. The SMILES string of the molecule is CC(C)Oc1ccc(-c2nc3ccc(F)cn3c2CC#N)cc1. The predicted octanol–water partition coefficient (Wildman–Crippen LogP) is 3.99. The quantitative estimate of drug-likeness (QED) is 0.732. The monoisotopic (exact) mass is 309 g/mol. The average Bonchev–Trinajstić information content (AvgIpc) is 2.86. The predicted molar refractivity (Wildman–Crippen MR) is 85.7 cm³/mol. The van der Waals surface area contributed by atoms with Crippen molar-refractivity contribution in [3.8, 4) is 23.1 Å². The topological polar surface area (TPSA) is 50.3 Å². The molecule has 3 rings (SSSR count). The number of fused-ring (bicyclic) bond motifs is 1. The van der Waals surface area contributed by atoms with Gasteiger partial charge in [0.1, 0.15) is 17.2 Å². The summed E-state index contributed by atoms with van der Waals surface area (Å²) in [5, 5.41) is 9.08. The normalized spacial score (nSPS) is 10.9. The summed E-state index contributed by atoms with van der Waals surface area (Å²) in [6.07, 6.45) is 1.62. The summed E-state index contributed by atoms with van der Waals surface area (Å²) in [5.74, 6) is 0.418. The number of ether oxygens (including phenoxy) is 1. The molecule has 0 amide bonds. The highest BCUT2D eigenvalue weighted by atomic mass is 19.1. The minimum absolute atomic E-state index is 0.105. The molecule has 0 radical (unpaired) electrons.